The topological polar surface area (TPSA) is 44.4 Å². The first-order chi connectivity index (χ1) is 12.1. The molecular formula is C19H21F2N3O. The van der Waals surface area contributed by atoms with E-state index in [0.29, 0.717) is 19.0 Å². The highest BCUT2D eigenvalue weighted by Gasteiger charge is 2.23. The first kappa shape index (κ1) is 17.2. The summed E-state index contributed by atoms with van der Waals surface area (Å²) in [7, 11) is 0. The molecule has 132 valence electrons. The zero-order valence-electron chi connectivity index (χ0n) is 13.8. The molecule has 1 fully saturated rings. The van der Waals surface area contributed by atoms with Crippen molar-refractivity contribution in [3.8, 4) is 0 Å². The van der Waals surface area contributed by atoms with Crippen molar-refractivity contribution in [1.82, 2.24) is 10.6 Å². The third-order valence-corrected chi connectivity index (χ3v) is 4.40. The summed E-state index contributed by atoms with van der Waals surface area (Å²) in [4.78, 5) is 14.1. The molecule has 3 rings (SSSR count). The molecule has 2 aromatic rings. The van der Waals surface area contributed by atoms with Crippen LogP contribution in [0.4, 0.5) is 19.3 Å². The zero-order valence-corrected chi connectivity index (χ0v) is 13.8. The molecule has 0 saturated carbocycles. The fourth-order valence-corrected chi connectivity index (χ4v) is 2.97. The number of hydrogen-bond acceptors (Lipinski definition) is 2. The van der Waals surface area contributed by atoms with Gasteiger partial charge in [0.25, 0.3) is 0 Å². The van der Waals surface area contributed by atoms with E-state index in [1.807, 2.05) is 0 Å². The number of nitrogens with zero attached hydrogens (tertiary/aromatic N) is 1. The lowest BCUT2D eigenvalue weighted by Crippen LogP contribution is -2.38. The van der Waals surface area contributed by atoms with Gasteiger partial charge in [0.15, 0.2) is 0 Å². The standard InChI is InChI=1S/C19H21F2N3O/c20-16-3-1-14(2-4-16)11-22-19(25)23-12-15-9-10-24(13-15)18-7-5-17(21)6-8-18/h1-8,15H,9-13H2,(H2,22,23,25). The van der Waals surface area contributed by atoms with Crippen LogP contribution in [0.3, 0.4) is 0 Å². The maximum absolute atomic E-state index is 13.0. The maximum Gasteiger partial charge on any atom is 0.315 e. The molecular weight excluding hydrogens is 324 g/mol. The van der Waals surface area contributed by atoms with Crippen LogP contribution in [0.2, 0.25) is 0 Å². The number of halogens is 2. The minimum absolute atomic E-state index is 0.232. The summed E-state index contributed by atoms with van der Waals surface area (Å²) in [5, 5.41) is 5.64. The summed E-state index contributed by atoms with van der Waals surface area (Å²) in [5.41, 5.74) is 1.85. The largest absolute Gasteiger partial charge is 0.371 e. The van der Waals surface area contributed by atoms with Gasteiger partial charge in [0.1, 0.15) is 11.6 Å². The SMILES string of the molecule is O=C(NCc1ccc(F)cc1)NCC1CCN(c2ccc(F)cc2)C1. The molecule has 2 N–H and O–H groups in total. The summed E-state index contributed by atoms with van der Waals surface area (Å²) in [6.07, 6.45) is 0.982. The predicted molar refractivity (Wildman–Crippen MR) is 93.4 cm³/mol. The molecule has 6 heteroatoms. The third-order valence-electron chi connectivity index (χ3n) is 4.40. The van der Waals surface area contributed by atoms with Gasteiger partial charge in [0, 0.05) is 31.9 Å². The Morgan fingerprint density at radius 3 is 2.32 bits per heavy atom. The molecule has 25 heavy (non-hydrogen) atoms. The van der Waals surface area contributed by atoms with Crippen molar-refractivity contribution in [2.45, 2.75) is 13.0 Å². The lowest BCUT2D eigenvalue weighted by atomic mass is 10.1. The van der Waals surface area contributed by atoms with Crippen LogP contribution in [0.15, 0.2) is 48.5 Å². The Morgan fingerprint density at radius 1 is 1.00 bits per heavy atom. The molecule has 1 saturated heterocycles. The van der Waals surface area contributed by atoms with E-state index in [1.54, 1.807) is 24.3 Å². The fraction of sp³-hybridized carbons (Fsp3) is 0.316. The van der Waals surface area contributed by atoms with Crippen molar-refractivity contribution in [3.05, 3.63) is 65.7 Å². The number of anilines is 1. The zero-order chi connectivity index (χ0) is 17.6. The van der Waals surface area contributed by atoms with E-state index in [2.05, 4.69) is 15.5 Å². The second-order valence-corrected chi connectivity index (χ2v) is 6.27. The average Bonchev–Trinajstić information content (AvgIpc) is 3.09. The molecule has 0 radical (unpaired) electrons. The quantitative estimate of drug-likeness (QED) is 0.873. The van der Waals surface area contributed by atoms with Gasteiger partial charge in [-0.2, -0.15) is 0 Å². The Hall–Kier alpha value is -2.63. The molecule has 1 aliphatic rings. The van der Waals surface area contributed by atoms with E-state index in [0.717, 1.165) is 30.8 Å². The summed E-state index contributed by atoms with van der Waals surface area (Å²) < 4.78 is 25.8. The molecule has 2 aromatic carbocycles. The van der Waals surface area contributed by atoms with Gasteiger partial charge in [-0.25, -0.2) is 13.6 Å². The summed E-state index contributed by atoms with van der Waals surface area (Å²) >= 11 is 0. The Kier molecular flexibility index (Phi) is 5.48. The number of hydrogen-bond donors (Lipinski definition) is 2. The van der Waals surface area contributed by atoms with Crippen molar-refractivity contribution >= 4 is 11.7 Å². The molecule has 0 spiro atoms. The molecule has 4 nitrogen and oxygen atoms in total. The maximum atomic E-state index is 13.0. The van der Waals surface area contributed by atoms with Crippen LogP contribution in [-0.4, -0.2) is 25.7 Å². The van der Waals surface area contributed by atoms with Crippen LogP contribution in [0.25, 0.3) is 0 Å². The highest BCUT2D eigenvalue weighted by Crippen LogP contribution is 2.23. The monoisotopic (exact) mass is 345 g/mol. The Morgan fingerprint density at radius 2 is 1.64 bits per heavy atom. The van der Waals surface area contributed by atoms with Gasteiger partial charge in [-0.3, -0.25) is 0 Å². The van der Waals surface area contributed by atoms with E-state index in [1.165, 1.54) is 24.3 Å². The number of carbonyl (C=O) groups excluding carboxylic acids is 1. The number of benzene rings is 2. The number of rotatable bonds is 5. The minimum atomic E-state index is -0.292. The van der Waals surface area contributed by atoms with Crippen LogP contribution in [0.5, 0.6) is 0 Å². The first-order valence-corrected chi connectivity index (χ1v) is 8.37. The normalized spacial score (nSPS) is 16.7. The van der Waals surface area contributed by atoms with E-state index < -0.39 is 0 Å². The van der Waals surface area contributed by atoms with Crippen molar-refractivity contribution in [3.63, 3.8) is 0 Å². The second-order valence-electron chi connectivity index (χ2n) is 6.27. The smallest absolute Gasteiger partial charge is 0.315 e. The summed E-state index contributed by atoms with van der Waals surface area (Å²) in [5.74, 6) is -0.166. The van der Waals surface area contributed by atoms with Gasteiger partial charge >= 0.3 is 6.03 Å². The van der Waals surface area contributed by atoms with Crippen molar-refractivity contribution in [2.24, 2.45) is 5.92 Å². The summed E-state index contributed by atoms with van der Waals surface area (Å²) in [6.45, 7) is 2.69. The Balaban J connectivity index is 1.39. The van der Waals surface area contributed by atoms with Crippen LogP contribution in [0, 0.1) is 17.6 Å². The van der Waals surface area contributed by atoms with Gasteiger partial charge < -0.3 is 15.5 Å². The lowest BCUT2D eigenvalue weighted by Gasteiger charge is -2.19. The van der Waals surface area contributed by atoms with Crippen LogP contribution >= 0.6 is 0 Å². The van der Waals surface area contributed by atoms with Crippen LogP contribution in [-0.2, 0) is 6.54 Å². The predicted octanol–water partition coefficient (Wildman–Crippen LogP) is 3.29. The van der Waals surface area contributed by atoms with Crippen LogP contribution in [0.1, 0.15) is 12.0 Å². The molecule has 1 unspecified atom stereocenters. The van der Waals surface area contributed by atoms with E-state index in [-0.39, 0.29) is 17.7 Å². The van der Waals surface area contributed by atoms with Gasteiger partial charge in [-0.15, -0.1) is 0 Å². The molecule has 2 amide bonds. The van der Waals surface area contributed by atoms with E-state index in [4.69, 9.17) is 0 Å². The molecule has 0 aromatic heterocycles. The van der Waals surface area contributed by atoms with Crippen LogP contribution < -0.4 is 15.5 Å². The van der Waals surface area contributed by atoms with E-state index >= 15 is 0 Å². The van der Waals surface area contributed by atoms with Crippen molar-refractivity contribution in [2.75, 3.05) is 24.5 Å². The molecule has 0 bridgehead atoms. The van der Waals surface area contributed by atoms with Crippen molar-refractivity contribution in [1.29, 1.82) is 0 Å². The van der Waals surface area contributed by atoms with Gasteiger partial charge in [-0.05, 0) is 54.3 Å². The summed E-state index contributed by atoms with van der Waals surface area (Å²) in [6, 6.07) is 12.3. The molecule has 1 atom stereocenters. The Labute approximate surface area is 145 Å². The second kappa shape index (κ2) is 7.96. The fourth-order valence-electron chi connectivity index (χ4n) is 2.97. The van der Waals surface area contributed by atoms with Gasteiger partial charge in [-0.1, -0.05) is 12.1 Å². The van der Waals surface area contributed by atoms with Gasteiger partial charge in [0.05, 0.1) is 0 Å². The van der Waals surface area contributed by atoms with Crippen molar-refractivity contribution < 1.29 is 13.6 Å². The van der Waals surface area contributed by atoms with Gasteiger partial charge in [0.2, 0.25) is 0 Å². The number of urea groups is 1. The highest BCUT2D eigenvalue weighted by atomic mass is 19.1. The molecule has 0 aliphatic carbocycles. The highest BCUT2D eigenvalue weighted by molar-refractivity contribution is 5.73. The Bertz CT molecular complexity index is 704. The first-order valence-electron chi connectivity index (χ1n) is 8.37. The number of amides is 2. The minimum Gasteiger partial charge on any atom is -0.371 e. The number of carbonyl (C=O) groups is 1. The molecule has 1 heterocycles. The van der Waals surface area contributed by atoms with E-state index in [9.17, 15) is 13.6 Å². The third kappa shape index (κ3) is 4.92. The average molecular weight is 345 g/mol. The molecule has 1 aliphatic heterocycles. The number of nitrogens with one attached hydrogen (secondary N) is 2. The lowest BCUT2D eigenvalue weighted by molar-refractivity contribution is 0.239.